The Hall–Kier alpha value is -2.49. The minimum absolute atomic E-state index is 0.0164. The number of likely N-dealkylation sites (tertiary alicyclic amines) is 1. The van der Waals surface area contributed by atoms with E-state index in [1.807, 2.05) is 31.2 Å². The quantitative estimate of drug-likeness (QED) is 0.803. The van der Waals surface area contributed by atoms with Gasteiger partial charge < -0.3 is 4.90 Å². The lowest BCUT2D eigenvalue weighted by molar-refractivity contribution is 0.0636. The monoisotopic (exact) mass is 325 g/mol. The standard InChI is InChI=1S/C20H20FNO2/c1-14-5-2-3-7-18(14)20(24)22-12-4-6-16(13-22)19(23)15-8-10-17(21)11-9-15/h2-3,5,7-11,16H,4,6,12-13H2,1H3. The van der Waals surface area contributed by atoms with Crippen LogP contribution in [-0.2, 0) is 0 Å². The summed E-state index contributed by atoms with van der Waals surface area (Å²) in [4.78, 5) is 27.1. The van der Waals surface area contributed by atoms with Gasteiger partial charge in [-0.25, -0.2) is 4.39 Å². The molecule has 2 aromatic rings. The Balaban J connectivity index is 1.74. The molecule has 4 heteroatoms. The van der Waals surface area contributed by atoms with Crippen LogP contribution in [0.5, 0.6) is 0 Å². The van der Waals surface area contributed by atoms with Gasteiger partial charge in [0.1, 0.15) is 5.82 Å². The van der Waals surface area contributed by atoms with Crippen molar-refractivity contribution in [2.24, 2.45) is 5.92 Å². The van der Waals surface area contributed by atoms with E-state index in [4.69, 9.17) is 0 Å². The Labute approximate surface area is 141 Å². The Bertz CT molecular complexity index is 754. The summed E-state index contributed by atoms with van der Waals surface area (Å²) in [7, 11) is 0. The van der Waals surface area contributed by atoms with Gasteiger partial charge in [-0.15, -0.1) is 0 Å². The lowest BCUT2D eigenvalue weighted by atomic mass is 9.89. The molecule has 1 unspecified atom stereocenters. The first-order valence-electron chi connectivity index (χ1n) is 8.21. The van der Waals surface area contributed by atoms with Crippen molar-refractivity contribution in [1.29, 1.82) is 0 Å². The molecular formula is C20H20FNO2. The number of hydrogen-bond donors (Lipinski definition) is 0. The maximum Gasteiger partial charge on any atom is 0.254 e. The summed E-state index contributed by atoms with van der Waals surface area (Å²) in [5.74, 6) is -0.620. The summed E-state index contributed by atoms with van der Waals surface area (Å²) >= 11 is 0. The van der Waals surface area contributed by atoms with Gasteiger partial charge in [0.05, 0.1) is 0 Å². The van der Waals surface area contributed by atoms with Gasteiger partial charge in [0.25, 0.3) is 5.91 Å². The van der Waals surface area contributed by atoms with Crippen molar-refractivity contribution in [2.75, 3.05) is 13.1 Å². The van der Waals surface area contributed by atoms with Crippen molar-refractivity contribution in [2.45, 2.75) is 19.8 Å². The molecule has 0 aliphatic carbocycles. The predicted octanol–water partition coefficient (Wildman–Crippen LogP) is 3.87. The number of benzene rings is 2. The molecule has 0 bridgehead atoms. The molecule has 1 atom stereocenters. The number of hydrogen-bond acceptors (Lipinski definition) is 2. The average Bonchev–Trinajstić information content (AvgIpc) is 2.62. The van der Waals surface area contributed by atoms with Crippen LogP contribution in [0.25, 0.3) is 0 Å². The fourth-order valence-electron chi connectivity index (χ4n) is 3.21. The number of ketones is 1. The third-order valence-electron chi connectivity index (χ3n) is 4.58. The Morgan fingerprint density at radius 2 is 1.79 bits per heavy atom. The molecule has 0 saturated carbocycles. The molecule has 1 heterocycles. The fraction of sp³-hybridized carbons (Fsp3) is 0.300. The molecule has 1 fully saturated rings. The van der Waals surface area contributed by atoms with Gasteiger partial charge in [0, 0.05) is 30.1 Å². The van der Waals surface area contributed by atoms with E-state index in [1.54, 1.807) is 4.90 Å². The van der Waals surface area contributed by atoms with Gasteiger partial charge in [0.2, 0.25) is 0 Å². The van der Waals surface area contributed by atoms with Gasteiger partial charge in [-0.2, -0.15) is 0 Å². The van der Waals surface area contributed by atoms with E-state index in [9.17, 15) is 14.0 Å². The Kier molecular flexibility index (Phi) is 4.74. The van der Waals surface area contributed by atoms with Crippen molar-refractivity contribution >= 4 is 11.7 Å². The molecule has 1 amide bonds. The number of rotatable bonds is 3. The van der Waals surface area contributed by atoms with Crippen molar-refractivity contribution < 1.29 is 14.0 Å². The number of carbonyl (C=O) groups excluding carboxylic acids is 2. The second kappa shape index (κ2) is 6.95. The molecule has 0 radical (unpaired) electrons. The zero-order valence-electron chi connectivity index (χ0n) is 13.7. The summed E-state index contributed by atoms with van der Waals surface area (Å²) in [5.41, 5.74) is 2.13. The molecule has 124 valence electrons. The van der Waals surface area contributed by atoms with Crippen LogP contribution in [0.2, 0.25) is 0 Å². The summed E-state index contributed by atoms with van der Waals surface area (Å²) in [5, 5.41) is 0. The van der Waals surface area contributed by atoms with Crippen LogP contribution in [-0.4, -0.2) is 29.7 Å². The molecule has 0 spiro atoms. The van der Waals surface area contributed by atoms with E-state index >= 15 is 0 Å². The Morgan fingerprint density at radius 3 is 2.50 bits per heavy atom. The van der Waals surface area contributed by atoms with E-state index in [2.05, 4.69) is 0 Å². The zero-order chi connectivity index (χ0) is 17.1. The topological polar surface area (TPSA) is 37.4 Å². The summed E-state index contributed by atoms with van der Waals surface area (Å²) < 4.78 is 13.0. The van der Waals surface area contributed by atoms with Gasteiger partial charge in [0.15, 0.2) is 5.78 Å². The molecule has 1 aliphatic heterocycles. The van der Waals surface area contributed by atoms with Crippen LogP contribution in [0.1, 0.15) is 39.1 Å². The highest BCUT2D eigenvalue weighted by molar-refractivity contribution is 5.99. The van der Waals surface area contributed by atoms with Crippen LogP contribution < -0.4 is 0 Å². The average molecular weight is 325 g/mol. The lowest BCUT2D eigenvalue weighted by Crippen LogP contribution is -2.42. The molecule has 24 heavy (non-hydrogen) atoms. The predicted molar refractivity (Wildman–Crippen MR) is 90.5 cm³/mol. The minimum Gasteiger partial charge on any atom is -0.338 e. The summed E-state index contributed by atoms with van der Waals surface area (Å²) in [6, 6.07) is 13.1. The normalized spacial score (nSPS) is 17.6. The van der Waals surface area contributed by atoms with Gasteiger partial charge in [-0.3, -0.25) is 9.59 Å². The first kappa shape index (κ1) is 16.4. The van der Waals surface area contributed by atoms with E-state index in [0.29, 0.717) is 24.2 Å². The number of carbonyl (C=O) groups is 2. The van der Waals surface area contributed by atoms with Crippen molar-refractivity contribution in [3.8, 4) is 0 Å². The SMILES string of the molecule is Cc1ccccc1C(=O)N1CCCC(C(=O)c2ccc(F)cc2)C1. The van der Waals surface area contributed by atoms with Crippen LogP contribution in [0.3, 0.4) is 0 Å². The van der Waals surface area contributed by atoms with E-state index in [-0.39, 0.29) is 23.4 Å². The molecule has 1 aliphatic rings. The van der Waals surface area contributed by atoms with Crippen LogP contribution >= 0.6 is 0 Å². The molecule has 2 aromatic carbocycles. The van der Waals surface area contributed by atoms with Gasteiger partial charge in [-0.1, -0.05) is 18.2 Å². The van der Waals surface area contributed by atoms with Crippen molar-refractivity contribution in [1.82, 2.24) is 4.90 Å². The highest BCUT2D eigenvalue weighted by atomic mass is 19.1. The lowest BCUT2D eigenvalue weighted by Gasteiger charge is -2.32. The first-order chi connectivity index (χ1) is 11.6. The second-order valence-corrected chi connectivity index (χ2v) is 6.28. The highest BCUT2D eigenvalue weighted by Gasteiger charge is 2.29. The van der Waals surface area contributed by atoms with E-state index in [1.165, 1.54) is 24.3 Å². The number of Topliss-reactive ketones (excluding diaryl/α,β-unsaturated/α-hetero) is 1. The molecule has 3 nitrogen and oxygen atoms in total. The van der Waals surface area contributed by atoms with E-state index < -0.39 is 0 Å². The van der Waals surface area contributed by atoms with Gasteiger partial charge >= 0.3 is 0 Å². The number of piperidine rings is 1. The molecule has 0 aromatic heterocycles. The third-order valence-corrected chi connectivity index (χ3v) is 4.58. The molecule has 1 saturated heterocycles. The van der Waals surface area contributed by atoms with E-state index in [0.717, 1.165) is 18.4 Å². The molecule has 0 N–H and O–H groups in total. The fourth-order valence-corrected chi connectivity index (χ4v) is 3.21. The largest absolute Gasteiger partial charge is 0.338 e. The zero-order valence-corrected chi connectivity index (χ0v) is 13.7. The maximum absolute atomic E-state index is 13.0. The first-order valence-corrected chi connectivity index (χ1v) is 8.21. The minimum atomic E-state index is -0.355. The third kappa shape index (κ3) is 3.37. The molecule has 3 rings (SSSR count). The van der Waals surface area contributed by atoms with Crippen molar-refractivity contribution in [3.05, 3.63) is 71.0 Å². The van der Waals surface area contributed by atoms with Crippen LogP contribution in [0, 0.1) is 18.7 Å². The summed E-state index contributed by atoms with van der Waals surface area (Å²) in [6.07, 6.45) is 1.56. The maximum atomic E-state index is 13.0. The second-order valence-electron chi connectivity index (χ2n) is 6.28. The Morgan fingerprint density at radius 1 is 1.08 bits per heavy atom. The molecular weight excluding hydrogens is 305 g/mol. The highest BCUT2D eigenvalue weighted by Crippen LogP contribution is 2.23. The smallest absolute Gasteiger partial charge is 0.254 e. The number of nitrogens with zero attached hydrogens (tertiary/aromatic N) is 1. The number of aryl methyl sites for hydroxylation is 1. The van der Waals surface area contributed by atoms with Gasteiger partial charge in [-0.05, 0) is 55.7 Å². The van der Waals surface area contributed by atoms with Crippen LogP contribution in [0.15, 0.2) is 48.5 Å². The number of amides is 1. The van der Waals surface area contributed by atoms with Crippen molar-refractivity contribution in [3.63, 3.8) is 0 Å². The number of halogens is 1. The van der Waals surface area contributed by atoms with Crippen LogP contribution in [0.4, 0.5) is 4.39 Å². The summed E-state index contributed by atoms with van der Waals surface area (Å²) in [6.45, 7) is 3.00.